The highest BCUT2D eigenvalue weighted by Gasteiger charge is 2.43. The van der Waals surface area contributed by atoms with E-state index in [4.69, 9.17) is 0 Å². The Morgan fingerprint density at radius 3 is 1.85 bits per heavy atom. The van der Waals surface area contributed by atoms with Gasteiger partial charge in [0.2, 0.25) is 0 Å². The maximum atomic E-state index is 2.78. The molecule has 2 bridgehead atoms. The standard InChI is InChI=1S/C12H23N/c1-9-7-10-5-6-11(8-9)13(10)12(2,3)4/h9-11H,5-8H2,1-4H3/t9-,10-,11?/m1/s1. The number of rotatable bonds is 0. The molecule has 3 atom stereocenters. The van der Waals surface area contributed by atoms with E-state index in [1.165, 1.54) is 25.7 Å². The third kappa shape index (κ3) is 1.63. The molecule has 2 heterocycles. The molecular formula is C12H23N. The second-order valence-electron chi connectivity index (χ2n) is 6.04. The van der Waals surface area contributed by atoms with Crippen LogP contribution in [0.2, 0.25) is 0 Å². The first-order valence-electron chi connectivity index (χ1n) is 5.77. The lowest BCUT2D eigenvalue weighted by Crippen LogP contribution is -2.52. The minimum Gasteiger partial charge on any atom is -0.293 e. The highest BCUT2D eigenvalue weighted by molar-refractivity contribution is 4.99. The molecule has 13 heavy (non-hydrogen) atoms. The summed E-state index contributed by atoms with van der Waals surface area (Å²) >= 11 is 0. The van der Waals surface area contributed by atoms with E-state index >= 15 is 0 Å². The molecule has 0 saturated carbocycles. The maximum Gasteiger partial charge on any atom is 0.0130 e. The van der Waals surface area contributed by atoms with Crippen LogP contribution < -0.4 is 0 Å². The zero-order valence-corrected chi connectivity index (χ0v) is 9.51. The molecular weight excluding hydrogens is 158 g/mol. The summed E-state index contributed by atoms with van der Waals surface area (Å²) in [5.74, 6) is 0.969. The van der Waals surface area contributed by atoms with Gasteiger partial charge in [0.15, 0.2) is 0 Å². The Morgan fingerprint density at radius 1 is 1.00 bits per heavy atom. The van der Waals surface area contributed by atoms with Gasteiger partial charge in [0, 0.05) is 17.6 Å². The first-order chi connectivity index (χ1) is 5.98. The number of nitrogens with zero attached hydrogens (tertiary/aromatic N) is 1. The molecule has 2 aliphatic rings. The third-order valence-electron chi connectivity index (χ3n) is 3.74. The van der Waals surface area contributed by atoms with Gasteiger partial charge in [0.05, 0.1) is 0 Å². The summed E-state index contributed by atoms with van der Waals surface area (Å²) in [5, 5.41) is 0. The quantitative estimate of drug-likeness (QED) is 0.555. The summed E-state index contributed by atoms with van der Waals surface area (Å²) in [4.78, 5) is 2.78. The van der Waals surface area contributed by atoms with E-state index in [2.05, 4.69) is 32.6 Å². The molecule has 0 aromatic heterocycles. The van der Waals surface area contributed by atoms with Crippen molar-refractivity contribution in [1.82, 2.24) is 4.90 Å². The molecule has 0 aromatic carbocycles. The van der Waals surface area contributed by atoms with Crippen molar-refractivity contribution in [1.29, 1.82) is 0 Å². The molecule has 0 aliphatic carbocycles. The van der Waals surface area contributed by atoms with Crippen LogP contribution in [0, 0.1) is 5.92 Å². The Balaban J connectivity index is 2.15. The normalized spacial score (nSPS) is 41.1. The second-order valence-corrected chi connectivity index (χ2v) is 6.04. The predicted octanol–water partition coefficient (Wildman–Crippen LogP) is 3.05. The van der Waals surface area contributed by atoms with Crippen LogP contribution in [0.4, 0.5) is 0 Å². The Bertz CT molecular complexity index is 178. The van der Waals surface area contributed by atoms with Crippen molar-refractivity contribution in [3.8, 4) is 0 Å². The average molecular weight is 181 g/mol. The molecule has 1 nitrogen and oxygen atoms in total. The molecule has 76 valence electrons. The van der Waals surface area contributed by atoms with E-state index in [-0.39, 0.29) is 0 Å². The van der Waals surface area contributed by atoms with Gasteiger partial charge in [0.1, 0.15) is 0 Å². The van der Waals surface area contributed by atoms with E-state index in [1.807, 2.05) is 0 Å². The second kappa shape index (κ2) is 2.98. The Morgan fingerprint density at radius 2 is 1.46 bits per heavy atom. The molecule has 2 aliphatic heterocycles. The van der Waals surface area contributed by atoms with E-state index < -0.39 is 0 Å². The predicted molar refractivity (Wildman–Crippen MR) is 56.8 cm³/mol. The van der Waals surface area contributed by atoms with Crippen molar-refractivity contribution in [3.63, 3.8) is 0 Å². The van der Waals surface area contributed by atoms with Gasteiger partial charge in [-0.3, -0.25) is 4.90 Å². The highest BCUT2D eigenvalue weighted by Crippen LogP contribution is 2.42. The summed E-state index contributed by atoms with van der Waals surface area (Å²) in [7, 11) is 0. The molecule has 0 N–H and O–H groups in total. The zero-order chi connectivity index (χ0) is 9.64. The van der Waals surface area contributed by atoms with Gasteiger partial charge in [0.25, 0.3) is 0 Å². The van der Waals surface area contributed by atoms with Gasteiger partial charge < -0.3 is 0 Å². The maximum absolute atomic E-state index is 2.78. The van der Waals surface area contributed by atoms with Crippen molar-refractivity contribution in [3.05, 3.63) is 0 Å². The van der Waals surface area contributed by atoms with Crippen LogP contribution in [-0.4, -0.2) is 22.5 Å². The first kappa shape index (κ1) is 9.51. The van der Waals surface area contributed by atoms with Gasteiger partial charge in [-0.1, -0.05) is 6.92 Å². The Kier molecular flexibility index (Phi) is 2.18. The van der Waals surface area contributed by atoms with Crippen LogP contribution in [0.15, 0.2) is 0 Å². The van der Waals surface area contributed by atoms with E-state index in [9.17, 15) is 0 Å². The van der Waals surface area contributed by atoms with Gasteiger partial charge in [-0.05, 0) is 52.4 Å². The monoisotopic (exact) mass is 181 g/mol. The summed E-state index contributed by atoms with van der Waals surface area (Å²) in [5.41, 5.74) is 0.395. The molecule has 2 fully saturated rings. The van der Waals surface area contributed by atoms with Crippen LogP contribution in [-0.2, 0) is 0 Å². The van der Waals surface area contributed by atoms with Crippen LogP contribution >= 0.6 is 0 Å². The van der Waals surface area contributed by atoms with Crippen LogP contribution in [0.3, 0.4) is 0 Å². The van der Waals surface area contributed by atoms with Crippen molar-refractivity contribution in [2.24, 2.45) is 5.92 Å². The third-order valence-corrected chi connectivity index (χ3v) is 3.74. The first-order valence-corrected chi connectivity index (χ1v) is 5.77. The fraction of sp³-hybridized carbons (Fsp3) is 1.00. The minimum absolute atomic E-state index is 0.395. The molecule has 1 heteroatoms. The Labute approximate surface area is 82.5 Å². The number of fused-ring (bicyclic) bond motifs is 2. The summed E-state index contributed by atoms with van der Waals surface area (Å²) in [6.07, 6.45) is 5.78. The molecule has 2 rings (SSSR count). The largest absolute Gasteiger partial charge is 0.293 e. The lowest BCUT2D eigenvalue weighted by atomic mass is 9.88. The molecule has 0 aromatic rings. The zero-order valence-electron chi connectivity index (χ0n) is 9.51. The smallest absolute Gasteiger partial charge is 0.0130 e. The fourth-order valence-corrected chi connectivity index (χ4v) is 3.54. The van der Waals surface area contributed by atoms with Crippen molar-refractivity contribution < 1.29 is 0 Å². The minimum atomic E-state index is 0.395. The van der Waals surface area contributed by atoms with E-state index in [0.717, 1.165) is 18.0 Å². The number of piperidine rings is 1. The topological polar surface area (TPSA) is 3.24 Å². The molecule has 0 spiro atoms. The summed E-state index contributed by atoms with van der Waals surface area (Å²) in [6.45, 7) is 9.53. The van der Waals surface area contributed by atoms with Gasteiger partial charge in [-0.25, -0.2) is 0 Å². The van der Waals surface area contributed by atoms with Crippen molar-refractivity contribution >= 4 is 0 Å². The average Bonchev–Trinajstić information content (AvgIpc) is 2.23. The van der Waals surface area contributed by atoms with Crippen LogP contribution in [0.5, 0.6) is 0 Å². The van der Waals surface area contributed by atoms with Gasteiger partial charge in [-0.15, -0.1) is 0 Å². The fourth-order valence-electron chi connectivity index (χ4n) is 3.54. The molecule has 2 saturated heterocycles. The van der Waals surface area contributed by atoms with Crippen LogP contribution in [0.1, 0.15) is 53.4 Å². The highest BCUT2D eigenvalue weighted by atomic mass is 15.3. The molecule has 0 radical (unpaired) electrons. The van der Waals surface area contributed by atoms with Crippen molar-refractivity contribution in [2.45, 2.75) is 71.0 Å². The Hall–Kier alpha value is -0.0400. The lowest BCUT2D eigenvalue weighted by Gasteiger charge is -2.46. The van der Waals surface area contributed by atoms with E-state index in [1.54, 1.807) is 0 Å². The lowest BCUT2D eigenvalue weighted by molar-refractivity contribution is 0.0258. The SMILES string of the molecule is C[C@H]1CC2CC[C@H](C1)N2C(C)(C)C. The van der Waals surface area contributed by atoms with E-state index in [0.29, 0.717) is 5.54 Å². The summed E-state index contributed by atoms with van der Waals surface area (Å²) < 4.78 is 0. The number of hydrogen-bond donors (Lipinski definition) is 0. The van der Waals surface area contributed by atoms with Crippen LogP contribution in [0.25, 0.3) is 0 Å². The molecule has 1 unspecified atom stereocenters. The summed E-state index contributed by atoms with van der Waals surface area (Å²) in [6, 6.07) is 1.79. The van der Waals surface area contributed by atoms with Crippen molar-refractivity contribution in [2.75, 3.05) is 0 Å². The number of hydrogen-bond acceptors (Lipinski definition) is 1. The van der Waals surface area contributed by atoms with Gasteiger partial charge in [-0.2, -0.15) is 0 Å². The molecule has 0 amide bonds. The van der Waals surface area contributed by atoms with Gasteiger partial charge >= 0.3 is 0 Å².